The average molecular weight is 423 g/mol. The second-order valence-corrected chi connectivity index (χ2v) is 9.15. The molecular formula is C24H26N2O3S. The highest BCUT2D eigenvalue weighted by Gasteiger charge is 2.23. The molecule has 0 aliphatic carbocycles. The van der Waals surface area contributed by atoms with Gasteiger partial charge in [0.25, 0.3) is 5.91 Å². The van der Waals surface area contributed by atoms with Gasteiger partial charge in [-0.1, -0.05) is 55.0 Å². The van der Waals surface area contributed by atoms with E-state index in [0.717, 1.165) is 22.4 Å². The van der Waals surface area contributed by atoms with Crippen LogP contribution in [0.2, 0.25) is 0 Å². The number of aryl methyl sites for hydroxylation is 2. The minimum absolute atomic E-state index is 0.199. The zero-order chi connectivity index (χ0) is 21.7. The zero-order valence-electron chi connectivity index (χ0n) is 17.4. The van der Waals surface area contributed by atoms with Gasteiger partial charge >= 0.3 is 0 Å². The predicted octanol–water partition coefficient (Wildman–Crippen LogP) is 4.77. The molecular weight excluding hydrogens is 396 g/mol. The minimum atomic E-state index is -3.58. The fourth-order valence-corrected chi connectivity index (χ4v) is 4.54. The lowest BCUT2D eigenvalue weighted by Crippen LogP contribution is -2.30. The SMILES string of the molecule is CCN(Cc1ccc(C(=O)Nc2ccccc2C)cc1)S(=O)(=O)c1ccc(C)cc1. The Bertz CT molecular complexity index is 1120. The van der Waals surface area contributed by atoms with E-state index in [2.05, 4.69) is 5.32 Å². The number of para-hydroxylation sites is 1. The Balaban J connectivity index is 1.73. The van der Waals surface area contributed by atoms with E-state index in [-0.39, 0.29) is 17.3 Å². The number of hydrogen-bond donors (Lipinski definition) is 1. The van der Waals surface area contributed by atoms with E-state index in [1.807, 2.05) is 45.0 Å². The molecule has 0 unspecified atom stereocenters. The number of hydrogen-bond acceptors (Lipinski definition) is 3. The summed E-state index contributed by atoms with van der Waals surface area (Å²) in [6, 6.07) is 21.5. The van der Waals surface area contributed by atoms with Crippen LogP contribution in [0.3, 0.4) is 0 Å². The zero-order valence-corrected chi connectivity index (χ0v) is 18.2. The normalized spacial score (nSPS) is 11.5. The highest BCUT2D eigenvalue weighted by molar-refractivity contribution is 7.89. The van der Waals surface area contributed by atoms with Crippen LogP contribution in [0, 0.1) is 13.8 Å². The molecule has 3 aromatic rings. The number of amides is 1. The summed E-state index contributed by atoms with van der Waals surface area (Å²) in [6.45, 7) is 6.27. The second-order valence-electron chi connectivity index (χ2n) is 7.21. The fourth-order valence-electron chi connectivity index (χ4n) is 3.10. The number of carbonyl (C=O) groups is 1. The third-order valence-corrected chi connectivity index (χ3v) is 6.91. The van der Waals surface area contributed by atoms with Crippen molar-refractivity contribution in [3.05, 3.63) is 95.1 Å². The fraction of sp³-hybridized carbons (Fsp3) is 0.208. The van der Waals surface area contributed by atoms with E-state index >= 15 is 0 Å². The number of rotatable bonds is 7. The molecule has 0 atom stereocenters. The third kappa shape index (κ3) is 4.96. The maximum atomic E-state index is 13.0. The van der Waals surface area contributed by atoms with Crippen molar-refractivity contribution in [1.29, 1.82) is 0 Å². The van der Waals surface area contributed by atoms with Crippen molar-refractivity contribution < 1.29 is 13.2 Å². The van der Waals surface area contributed by atoms with E-state index < -0.39 is 10.0 Å². The van der Waals surface area contributed by atoms with Gasteiger partial charge in [0.1, 0.15) is 0 Å². The molecule has 30 heavy (non-hydrogen) atoms. The van der Waals surface area contributed by atoms with Crippen molar-refractivity contribution in [2.45, 2.75) is 32.2 Å². The van der Waals surface area contributed by atoms with Gasteiger partial charge in [0.2, 0.25) is 10.0 Å². The summed E-state index contributed by atoms with van der Waals surface area (Å²) in [7, 11) is -3.58. The molecule has 0 saturated carbocycles. The van der Waals surface area contributed by atoms with Gasteiger partial charge in [-0.25, -0.2) is 8.42 Å². The Hall–Kier alpha value is -2.96. The van der Waals surface area contributed by atoms with Crippen molar-refractivity contribution >= 4 is 21.6 Å². The Kier molecular flexibility index (Phi) is 6.70. The van der Waals surface area contributed by atoms with E-state index in [1.165, 1.54) is 4.31 Å². The molecule has 1 amide bonds. The standard InChI is InChI=1S/C24H26N2O3S/c1-4-26(30(28,29)22-15-9-18(2)10-16-22)17-20-11-13-21(14-12-20)24(27)25-23-8-6-5-7-19(23)3/h5-16H,4,17H2,1-3H3,(H,25,27). The van der Waals surface area contributed by atoms with Gasteiger partial charge in [-0.15, -0.1) is 0 Å². The van der Waals surface area contributed by atoms with Gasteiger partial charge in [-0.2, -0.15) is 4.31 Å². The molecule has 0 radical (unpaired) electrons. The van der Waals surface area contributed by atoms with Crippen LogP contribution in [0.4, 0.5) is 5.69 Å². The van der Waals surface area contributed by atoms with Gasteiger partial charge in [0.15, 0.2) is 0 Å². The molecule has 0 aromatic heterocycles. The van der Waals surface area contributed by atoms with E-state index in [9.17, 15) is 13.2 Å². The summed E-state index contributed by atoms with van der Waals surface area (Å²) in [5, 5.41) is 2.90. The Morgan fingerprint density at radius 3 is 2.13 bits per heavy atom. The van der Waals surface area contributed by atoms with Gasteiger partial charge in [0.05, 0.1) is 4.90 Å². The Morgan fingerprint density at radius 2 is 1.53 bits per heavy atom. The summed E-state index contributed by atoms with van der Waals surface area (Å²) < 4.78 is 27.3. The number of sulfonamides is 1. The topological polar surface area (TPSA) is 66.5 Å². The molecule has 0 aliphatic rings. The third-order valence-electron chi connectivity index (χ3n) is 4.98. The molecule has 0 fully saturated rings. The summed E-state index contributed by atoms with van der Waals surface area (Å²) in [6.07, 6.45) is 0. The molecule has 6 heteroatoms. The van der Waals surface area contributed by atoms with Gasteiger partial charge in [0, 0.05) is 24.3 Å². The molecule has 1 N–H and O–H groups in total. The van der Waals surface area contributed by atoms with Crippen LogP contribution >= 0.6 is 0 Å². The van der Waals surface area contributed by atoms with E-state index in [4.69, 9.17) is 0 Å². The maximum absolute atomic E-state index is 13.0. The van der Waals surface area contributed by atoms with Crippen LogP contribution in [0.1, 0.15) is 34.0 Å². The quantitative estimate of drug-likeness (QED) is 0.597. The monoisotopic (exact) mass is 422 g/mol. The lowest BCUT2D eigenvalue weighted by molar-refractivity contribution is 0.102. The number of benzene rings is 3. The van der Waals surface area contributed by atoms with Crippen LogP contribution in [-0.4, -0.2) is 25.2 Å². The van der Waals surface area contributed by atoms with Crippen molar-refractivity contribution in [2.75, 3.05) is 11.9 Å². The van der Waals surface area contributed by atoms with Crippen molar-refractivity contribution in [1.82, 2.24) is 4.31 Å². The number of carbonyl (C=O) groups excluding carboxylic acids is 1. The molecule has 0 aliphatic heterocycles. The van der Waals surface area contributed by atoms with Crippen LogP contribution in [-0.2, 0) is 16.6 Å². The molecule has 0 saturated heterocycles. The summed E-state index contributed by atoms with van der Waals surface area (Å²) in [4.78, 5) is 12.8. The minimum Gasteiger partial charge on any atom is -0.322 e. The average Bonchev–Trinajstić information content (AvgIpc) is 2.74. The largest absolute Gasteiger partial charge is 0.322 e. The molecule has 0 spiro atoms. The lowest BCUT2D eigenvalue weighted by atomic mass is 10.1. The molecule has 3 rings (SSSR count). The van der Waals surface area contributed by atoms with E-state index in [0.29, 0.717) is 12.1 Å². The lowest BCUT2D eigenvalue weighted by Gasteiger charge is -2.21. The van der Waals surface area contributed by atoms with E-state index in [1.54, 1.807) is 48.5 Å². The van der Waals surface area contributed by atoms with Crippen molar-refractivity contribution in [3.63, 3.8) is 0 Å². The van der Waals surface area contributed by atoms with Crippen molar-refractivity contribution in [2.24, 2.45) is 0 Å². The number of nitrogens with zero attached hydrogens (tertiary/aromatic N) is 1. The smallest absolute Gasteiger partial charge is 0.255 e. The number of nitrogens with one attached hydrogen (secondary N) is 1. The van der Waals surface area contributed by atoms with Crippen LogP contribution in [0.5, 0.6) is 0 Å². The predicted molar refractivity (Wildman–Crippen MR) is 120 cm³/mol. The molecule has 5 nitrogen and oxygen atoms in total. The Labute approximate surface area is 178 Å². The summed E-state index contributed by atoms with van der Waals surface area (Å²) >= 11 is 0. The highest BCUT2D eigenvalue weighted by atomic mass is 32.2. The molecule has 0 bridgehead atoms. The van der Waals surface area contributed by atoms with Crippen LogP contribution < -0.4 is 5.32 Å². The highest BCUT2D eigenvalue weighted by Crippen LogP contribution is 2.20. The first-order chi connectivity index (χ1) is 14.3. The van der Waals surface area contributed by atoms with Gasteiger partial charge in [-0.3, -0.25) is 4.79 Å². The Morgan fingerprint density at radius 1 is 0.900 bits per heavy atom. The van der Waals surface area contributed by atoms with Crippen LogP contribution in [0.15, 0.2) is 77.7 Å². The maximum Gasteiger partial charge on any atom is 0.255 e. The molecule has 156 valence electrons. The molecule has 0 heterocycles. The van der Waals surface area contributed by atoms with Gasteiger partial charge in [-0.05, 0) is 55.3 Å². The first-order valence-electron chi connectivity index (χ1n) is 9.84. The first-order valence-corrected chi connectivity index (χ1v) is 11.3. The summed E-state index contributed by atoms with van der Waals surface area (Å²) in [5.41, 5.74) is 4.11. The van der Waals surface area contributed by atoms with Crippen LogP contribution in [0.25, 0.3) is 0 Å². The second kappa shape index (κ2) is 9.24. The number of anilines is 1. The molecule has 3 aromatic carbocycles. The summed E-state index contributed by atoms with van der Waals surface area (Å²) in [5.74, 6) is -0.199. The van der Waals surface area contributed by atoms with Crippen molar-refractivity contribution in [3.8, 4) is 0 Å². The van der Waals surface area contributed by atoms with Gasteiger partial charge < -0.3 is 5.32 Å². The first kappa shape index (κ1) is 21.7.